The number of amides is 1. The van der Waals surface area contributed by atoms with Crippen molar-refractivity contribution in [3.05, 3.63) is 23.7 Å². The molecule has 3 atom stereocenters. The molecule has 20 heavy (non-hydrogen) atoms. The minimum atomic E-state index is -0.345. The molecular formula is C15H21NO4. The lowest BCUT2D eigenvalue weighted by molar-refractivity contribution is -0.0824. The van der Waals surface area contributed by atoms with Crippen LogP contribution in [0.2, 0.25) is 0 Å². The summed E-state index contributed by atoms with van der Waals surface area (Å²) >= 11 is 0. The molecule has 1 aromatic rings. The first-order valence-corrected chi connectivity index (χ1v) is 7.16. The zero-order chi connectivity index (χ0) is 14.3. The maximum Gasteiger partial charge on any atom is 0.257 e. The summed E-state index contributed by atoms with van der Waals surface area (Å²) in [7, 11) is 1.71. The van der Waals surface area contributed by atoms with E-state index in [2.05, 4.69) is 0 Å². The highest BCUT2D eigenvalue weighted by atomic mass is 16.5. The van der Waals surface area contributed by atoms with Crippen LogP contribution in [-0.4, -0.2) is 47.3 Å². The number of ether oxygens (including phenoxy) is 1. The second-order valence-electron chi connectivity index (χ2n) is 5.85. The second kappa shape index (κ2) is 4.90. The van der Waals surface area contributed by atoms with Gasteiger partial charge in [0.2, 0.25) is 0 Å². The summed E-state index contributed by atoms with van der Waals surface area (Å²) in [5, 5.41) is 9.94. The summed E-state index contributed by atoms with van der Waals surface area (Å²) in [5.41, 5.74) is 0.323. The quantitative estimate of drug-likeness (QED) is 0.895. The van der Waals surface area contributed by atoms with Gasteiger partial charge in [-0.05, 0) is 38.7 Å². The van der Waals surface area contributed by atoms with Crippen molar-refractivity contribution in [2.75, 3.05) is 13.7 Å². The van der Waals surface area contributed by atoms with Gasteiger partial charge < -0.3 is 19.2 Å². The number of likely N-dealkylation sites (tertiary alicyclic amines) is 1. The SMILES string of the molecule is CO[C@@]12CC[C@H](O)C[C@@H]1N(C(=O)c1ccoc1C)CC2. The molecule has 0 bridgehead atoms. The highest BCUT2D eigenvalue weighted by molar-refractivity contribution is 5.95. The van der Waals surface area contributed by atoms with E-state index in [4.69, 9.17) is 9.15 Å². The van der Waals surface area contributed by atoms with Crippen LogP contribution < -0.4 is 0 Å². The minimum absolute atomic E-state index is 0.0192. The summed E-state index contributed by atoms with van der Waals surface area (Å²) in [6, 6.07) is 1.67. The van der Waals surface area contributed by atoms with Crippen molar-refractivity contribution in [1.82, 2.24) is 4.90 Å². The van der Waals surface area contributed by atoms with Gasteiger partial charge in [-0.3, -0.25) is 4.79 Å². The lowest BCUT2D eigenvalue weighted by Gasteiger charge is -2.42. The van der Waals surface area contributed by atoms with Crippen molar-refractivity contribution in [2.45, 2.75) is 50.4 Å². The van der Waals surface area contributed by atoms with E-state index in [0.29, 0.717) is 24.3 Å². The van der Waals surface area contributed by atoms with Gasteiger partial charge in [0, 0.05) is 13.7 Å². The Labute approximate surface area is 118 Å². The Kier molecular flexibility index (Phi) is 3.34. The number of carbonyl (C=O) groups is 1. The number of aryl methyl sites for hydroxylation is 1. The van der Waals surface area contributed by atoms with Crippen LogP contribution in [0.5, 0.6) is 0 Å². The number of fused-ring (bicyclic) bond motifs is 1. The van der Waals surface area contributed by atoms with E-state index in [1.807, 2.05) is 4.90 Å². The van der Waals surface area contributed by atoms with E-state index >= 15 is 0 Å². The number of aliphatic hydroxyl groups is 1. The predicted octanol–water partition coefficient (Wildman–Crippen LogP) is 1.73. The van der Waals surface area contributed by atoms with Crippen molar-refractivity contribution in [2.24, 2.45) is 0 Å². The number of aliphatic hydroxyl groups excluding tert-OH is 1. The van der Waals surface area contributed by atoms with E-state index in [1.54, 1.807) is 20.1 Å². The van der Waals surface area contributed by atoms with Crippen molar-refractivity contribution >= 4 is 5.91 Å². The Hall–Kier alpha value is -1.33. The monoisotopic (exact) mass is 279 g/mol. The van der Waals surface area contributed by atoms with Gasteiger partial charge in [-0.1, -0.05) is 0 Å². The molecule has 3 rings (SSSR count). The average Bonchev–Trinajstić information content (AvgIpc) is 3.02. The van der Waals surface area contributed by atoms with Crippen LogP contribution in [0, 0.1) is 6.92 Å². The summed E-state index contributed by atoms with van der Waals surface area (Å²) < 4.78 is 11.0. The molecule has 110 valence electrons. The molecule has 1 saturated heterocycles. The number of rotatable bonds is 2. The summed E-state index contributed by atoms with van der Waals surface area (Å²) in [4.78, 5) is 14.5. The molecule has 0 unspecified atom stereocenters. The van der Waals surface area contributed by atoms with Crippen LogP contribution in [0.1, 0.15) is 41.8 Å². The first kappa shape index (κ1) is 13.6. The number of furan rings is 1. The summed E-state index contributed by atoms with van der Waals surface area (Å²) in [6.45, 7) is 2.47. The van der Waals surface area contributed by atoms with Gasteiger partial charge in [-0.2, -0.15) is 0 Å². The smallest absolute Gasteiger partial charge is 0.257 e. The standard InChI is InChI=1S/C15H21NO4/c1-10-12(4-8-20-10)14(18)16-7-6-15(19-2)5-3-11(17)9-13(15)16/h4,8,11,13,17H,3,5-7,9H2,1-2H3/t11-,13-,15+/m0/s1. The molecule has 5 heteroatoms. The average molecular weight is 279 g/mol. The Bertz CT molecular complexity index is 512. The number of methoxy groups -OCH3 is 1. The molecule has 1 aliphatic heterocycles. The third kappa shape index (κ3) is 1.96. The van der Waals surface area contributed by atoms with Crippen molar-refractivity contribution in [3.8, 4) is 0 Å². The van der Waals surface area contributed by atoms with Crippen LogP contribution in [0.15, 0.2) is 16.7 Å². The number of carbonyl (C=O) groups excluding carboxylic acids is 1. The Morgan fingerprint density at radius 1 is 1.55 bits per heavy atom. The summed E-state index contributed by atoms with van der Waals surface area (Å²) in [5.74, 6) is 0.621. The third-order valence-corrected chi connectivity index (χ3v) is 4.91. The summed E-state index contributed by atoms with van der Waals surface area (Å²) in [6.07, 6.45) is 4.18. The van der Waals surface area contributed by atoms with Crippen LogP contribution in [0.25, 0.3) is 0 Å². The molecule has 0 spiro atoms. The lowest BCUT2D eigenvalue weighted by atomic mass is 9.79. The van der Waals surface area contributed by atoms with E-state index in [9.17, 15) is 9.90 Å². The Morgan fingerprint density at radius 2 is 2.35 bits per heavy atom. The first-order valence-electron chi connectivity index (χ1n) is 7.16. The van der Waals surface area contributed by atoms with Crippen molar-refractivity contribution in [1.29, 1.82) is 0 Å². The van der Waals surface area contributed by atoms with Crippen LogP contribution in [-0.2, 0) is 4.74 Å². The molecule has 1 saturated carbocycles. The fraction of sp³-hybridized carbons (Fsp3) is 0.667. The normalized spacial score (nSPS) is 33.2. The van der Waals surface area contributed by atoms with E-state index in [0.717, 1.165) is 19.3 Å². The van der Waals surface area contributed by atoms with Crippen LogP contribution in [0.3, 0.4) is 0 Å². The van der Waals surface area contributed by atoms with Gasteiger partial charge in [0.15, 0.2) is 0 Å². The lowest BCUT2D eigenvalue weighted by Crippen LogP contribution is -2.52. The molecule has 1 aromatic heterocycles. The predicted molar refractivity (Wildman–Crippen MR) is 72.5 cm³/mol. The van der Waals surface area contributed by atoms with Gasteiger partial charge in [-0.15, -0.1) is 0 Å². The molecule has 0 aromatic carbocycles. The van der Waals surface area contributed by atoms with E-state index in [1.165, 1.54) is 6.26 Å². The zero-order valence-corrected chi connectivity index (χ0v) is 12.0. The fourth-order valence-electron chi connectivity index (χ4n) is 3.68. The van der Waals surface area contributed by atoms with E-state index < -0.39 is 0 Å². The number of hydrogen-bond donors (Lipinski definition) is 1. The van der Waals surface area contributed by atoms with Gasteiger partial charge in [-0.25, -0.2) is 0 Å². The Morgan fingerprint density at radius 3 is 3.00 bits per heavy atom. The molecule has 5 nitrogen and oxygen atoms in total. The highest BCUT2D eigenvalue weighted by Crippen LogP contribution is 2.43. The van der Waals surface area contributed by atoms with Gasteiger partial charge in [0.05, 0.1) is 29.6 Å². The van der Waals surface area contributed by atoms with Gasteiger partial charge >= 0.3 is 0 Å². The molecule has 1 aliphatic carbocycles. The van der Waals surface area contributed by atoms with Crippen LogP contribution in [0.4, 0.5) is 0 Å². The van der Waals surface area contributed by atoms with Crippen molar-refractivity contribution in [3.63, 3.8) is 0 Å². The molecule has 1 N–H and O–H groups in total. The number of hydrogen-bond acceptors (Lipinski definition) is 4. The molecule has 1 amide bonds. The second-order valence-corrected chi connectivity index (χ2v) is 5.85. The minimum Gasteiger partial charge on any atom is -0.469 e. The third-order valence-electron chi connectivity index (χ3n) is 4.91. The topological polar surface area (TPSA) is 62.9 Å². The molecule has 2 fully saturated rings. The molecular weight excluding hydrogens is 258 g/mol. The molecule has 0 radical (unpaired) electrons. The molecule has 2 heterocycles. The van der Waals surface area contributed by atoms with Gasteiger partial charge in [0.1, 0.15) is 5.76 Å². The number of nitrogens with zero attached hydrogens (tertiary/aromatic N) is 1. The Balaban J connectivity index is 1.88. The largest absolute Gasteiger partial charge is 0.469 e. The first-order chi connectivity index (χ1) is 9.57. The fourth-order valence-corrected chi connectivity index (χ4v) is 3.68. The van der Waals surface area contributed by atoms with Gasteiger partial charge in [0.25, 0.3) is 5.91 Å². The highest BCUT2D eigenvalue weighted by Gasteiger charge is 2.52. The maximum absolute atomic E-state index is 12.7. The van der Waals surface area contributed by atoms with Crippen molar-refractivity contribution < 1.29 is 19.1 Å². The maximum atomic E-state index is 12.7. The zero-order valence-electron chi connectivity index (χ0n) is 12.0. The molecule has 2 aliphatic rings. The van der Waals surface area contributed by atoms with Crippen LogP contribution >= 0.6 is 0 Å². The van der Waals surface area contributed by atoms with E-state index in [-0.39, 0.29) is 23.7 Å².